The minimum absolute atomic E-state index is 0. The second kappa shape index (κ2) is 57.6. The Balaban J connectivity index is 0.000000837. The molecular formula is C110H190O37. The van der Waals surface area contributed by atoms with Gasteiger partial charge in [0.1, 0.15) is 36.6 Å². The van der Waals surface area contributed by atoms with Gasteiger partial charge in [0.25, 0.3) is 0 Å². The predicted molar refractivity (Wildman–Crippen MR) is 543 cm³/mol. The largest absolute Gasteiger partial charge is 0.469 e. The van der Waals surface area contributed by atoms with Crippen LogP contribution in [-0.2, 0) is 167 Å². The second-order valence-corrected chi connectivity index (χ2v) is 43.5. The number of fused-ring (bicyclic) bond motifs is 11. The SMILES string of the molecule is C.C.C.C.C.C.C.CC.CCC(C)(C)C(=O)OC.CCC(C)(C)C(=O)OC.CCC(C)(C)C(=O)OC1C(=O)OC2C(O)C(O)OC12.CCC(C)(C)C(=O)OC1C(=O)OC2C3OC(C)(C)OC3OC12.CCC(C)(C)C(=O)OC1C(=O)OC2C3OC4(CCCCC4)OC3OC12.CCC(C)(C)C(=O)OC1C(=O)OC2C=CCC21.CCC(C)(C)C(=O)OC1C(=O)OC2CCCC21.O=C1OCC2CCCCC12.O=C1OCC2CCCCC12. The quantitative estimate of drug-likeness (QED) is 0.0689. The highest BCUT2D eigenvalue weighted by Gasteiger charge is 2.68. The van der Waals surface area contributed by atoms with Crippen LogP contribution >= 0.6 is 0 Å². The summed E-state index contributed by atoms with van der Waals surface area (Å²) in [6.45, 7) is 47.7. The predicted octanol–water partition coefficient (Wildman–Crippen LogP) is 17.8. The summed E-state index contributed by atoms with van der Waals surface area (Å²) in [5.74, 6) is -4.54. The van der Waals surface area contributed by atoms with E-state index in [2.05, 4.69) is 9.47 Å². The number of methoxy groups -OCH3 is 2. The molecule has 12 aliphatic heterocycles. The Hall–Kier alpha value is -8.04. The van der Waals surface area contributed by atoms with Crippen molar-refractivity contribution in [2.45, 2.75) is 507 Å². The number of esters is 14. The Morgan fingerprint density at radius 3 is 1.04 bits per heavy atom. The Morgan fingerprint density at radius 1 is 0.347 bits per heavy atom. The van der Waals surface area contributed by atoms with Crippen molar-refractivity contribution in [2.24, 2.45) is 73.4 Å². The van der Waals surface area contributed by atoms with Gasteiger partial charge in [-0.1, -0.05) is 152 Å². The fraction of sp³-hybridized carbons (Fsp3) is 0.855. The normalized spacial score (nSPS) is 31.5. The molecular weight excluding hydrogens is 1910 g/mol. The molecule has 16 fully saturated rings. The van der Waals surface area contributed by atoms with Crippen LogP contribution in [0.25, 0.3) is 0 Å². The number of aliphatic hydroxyl groups is 2. The molecule has 0 radical (unpaired) electrons. The van der Waals surface area contributed by atoms with Crippen molar-refractivity contribution in [2.75, 3.05) is 27.4 Å². The van der Waals surface area contributed by atoms with E-state index in [1.807, 2.05) is 130 Å². The van der Waals surface area contributed by atoms with Gasteiger partial charge in [-0.3, -0.25) is 43.2 Å². The topological polar surface area (TPSA) is 473 Å². The monoisotopic (exact) mass is 2100 g/mol. The van der Waals surface area contributed by atoms with E-state index in [-0.39, 0.29) is 140 Å². The highest BCUT2D eigenvalue weighted by molar-refractivity contribution is 5.88. The van der Waals surface area contributed by atoms with Gasteiger partial charge >= 0.3 is 83.6 Å². The third-order valence-electron chi connectivity index (χ3n) is 30.5. The van der Waals surface area contributed by atoms with Gasteiger partial charge < -0.3 is 110 Å². The summed E-state index contributed by atoms with van der Waals surface area (Å²) >= 11 is 0. The van der Waals surface area contributed by atoms with Crippen LogP contribution in [0.3, 0.4) is 0 Å². The lowest BCUT2D eigenvalue weighted by molar-refractivity contribution is -0.246. The number of allylic oxidation sites excluding steroid dienone is 1. The van der Waals surface area contributed by atoms with Crippen LogP contribution < -0.4 is 0 Å². The Labute approximate surface area is 876 Å². The van der Waals surface area contributed by atoms with Gasteiger partial charge in [-0.2, -0.15) is 0 Å². The zero-order valence-electron chi connectivity index (χ0n) is 87.7. The van der Waals surface area contributed by atoms with Crippen molar-refractivity contribution in [3.05, 3.63) is 12.2 Å². The average Bonchev–Trinajstić information content (AvgIpc) is 1.57. The third kappa shape index (κ3) is 33.2. The van der Waals surface area contributed by atoms with E-state index in [1.54, 1.807) is 55.4 Å². The lowest BCUT2D eigenvalue weighted by atomic mass is 9.81. The van der Waals surface area contributed by atoms with Crippen molar-refractivity contribution in [3.63, 3.8) is 0 Å². The molecule has 852 valence electrons. The number of hydrogen-bond donors (Lipinski definition) is 2. The summed E-state index contributed by atoms with van der Waals surface area (Å²) in [6.07, 6.45) is 12.4. The molecule has 25 atom stereocenters. The zero-order valence-corrected chi connectivity index (χ0v) is 87.7. The lowest BCUT2D eigenvalue weighted by Crippen LogP contribution is -2.41. The van der Waals surface area contributed by atoms with E-state index in [0.717, 1.165) is 77.0 Å². The van der Waals surface area contributed by atoms with E-state index in [0.29, 0.717) is 57.2 Å². The number of carbonyl (C=O) groups is 14. The molecule has 2 N–H and O–H groups in total. The number of hydrogen-bond acceptors (Lipinski definition) is 37. The fourth-order valence-corrected chi connectivity index (χ4v) is 17.9. The minimum Gasteiger partial charge on any atom is -0.469 e. The number of cyclic esters (lactones) is 2. The van der Waals surface area contributed by atoms with Crippen molar-refractivity contribution in [3.8, 4) is 0 Å². The number of aliphatic hydroxyl groups excluding tert-OH is 2. The van der Waals surface area contributed by atoms with E-state index < -0.39 is 185 Å². The molecule has 4 saturated carbocycles. The van der Waals surface area contributed by atoms with Gasteiger partial charge in [0.15, 0.2) is 61.0 Å². The fourth-order valence-electron chi connectivity index (χ4n) is 17.9. The number of rotatable bonds is 19. The van der Waals surface area contributed by atoms with Crippen molar-refractivity contribution in [1.29, 1.82) is 0 Å². The number of ether oxygens (including phenoxy) is 21. The van der Waals surface area contributed by atoms with E-state index >= 15 is 0 Å². The minimum atomic E-state index is -1.44. The number of carbonyl (C=O) groups excluding carboxylic acids is 14. The first-order chi connectivity index (χ1) is 65.5. The lowest BCUT2D eigenvalue weighted by Gasteiger charge is -2.33. The molecule has 37 nitrogen and oxygen atoms in total. The first-order valence-corrected chi connectivity index (χ1v) is 50.8. The molecule has 17 rings (SSSR count). The molecule has 147 heavy (non-hydrogen) atoms. The van der Waals surface area contributed by atoms with Crippen LogP contribution in [0.15, 0.2) is 12.2 Å². The van der Waals surface area contributed by atoms with Gasteiger partial charge in [0.2, 0.25) is 30.5 Å². The van der Waals surface area contributed by atoms with Crippen molar-refractivity contribution < 1.29 is 177 Å². The molecule has 25 unspecified atom stereocenters. The second-order valence-electron chi connectivity index (χ2n) is 43.5. The first kappa shape index (κ1) is 137. The van der Waals surface area contributed by atoms with Gasteiger partial charge in [-0.25, -0.2) is 24.0 Å². The summed E-state index contributed by atoms with van der Waals surface area (Å²) < 4.78 is 112. The third-order valence-corrected chi connectivity index (χ3v) is 30.5. The van der Waals surface area contributed by atoms with Crippen LogP contribution in [0, 0.1) is 73.4 Å². The molecule has 1 spiro atoms. The molecule has 0 aromatic carbocycles. The maximum Gasteiger partial charge on any atom is 0.350 e. The molecule has 12 heterocycles. The highest BCUT2D eigenvalue weighted by atomic mass is 16.9. The maximum absolute atomic E-state index is 12.3. The van der Waals surface area contributed by atoms with Gasteiger partial charge in [-0.15, -0.1) is 0 Å². The van der Waals surface area contributed by atoms with Gasteiger partial charge in [0.05, 0.1) is 83.1 Å². The maximum atomic E-state index is 12.3. The van der Waals surface area contributed by atoms with Gasteiger partial charge in [-0.05, 0) is 226 Å². The zero-order chi connectivity index (χ0) is 105. The molecule has 0 bridgehead atoms. The van der Waals surface area contributed by atoms with Crippen LogP contribution in [0.4, 0.5) is 0 Å². The smallest absolute Gasteiger partial charge is 0.350 e. The Bertz CT molecular complexity index is 4190. The molecule has 17 aliphatic rings. The van der Waals surface area contributed by atoms with Crippen molar-refractivity contribution >= 4 is 83.6 Å². The van der Waals surface area contributed by atoms with Crippen LogP contribution in [0.2, 0.25) is 0 Å². The van der Waals surface area contributed by atoms with Crippen LogP contribution in [-0.4, -0.2) is 249 Å². The summed E-state index contributed by atoms with van der Waals surface area (Å²) in [5.41, 5.74) is -3.76. The summed E-state index contributed by atoms with van der Waals surface area (Å²) in [7, 11) is 2.83. The average molecular weight is 2100 g/mol. The van der Waals surface area contributed by atoms with Crippen molar-refractivity contribution in [1.82, 2.24) is 0 Å². The van der Waals surface area contributed by atoms with Crippen LogP contribution in [0.1, 0.15) is 379 Å². The summed E-state index contributed by atoms with van der Waals surface area (Å²) in [4.78, 5) is 163. The highest BCUT2D eigenvalue weighted by Crippen LogP contribution is 2.51. The Kier molecular flexibility index (Phi) is 53.7. The van der Waals surface area contributed by atoms with E-state index in [4.69, 9.17) is 90.0 Å². The molecule has 12 saturated heterocycles. The van der Waals surface area contributed by atoms with Gasteiger partial charge in [0, 0.05) is 30.6 Å². The standard InChI is InChI=1S/C18H26O7.C15H22O7.C13H20O4.C13H18O4.C12H18O7.2C8H12O2.2C7H14O2.C2H6.7CH4/c1-4-17(2,3)16(20)23-12-10-11(21-14(12)19)13-15(22-10)25-18(24-13)8-6-5-7-9-18;1-6-14(2,3)13(17)20-9-7-8(18-11(9)16)10-12(19-7)22-15(4,5)21-10;2*1-4-13(2,3)12(15)17-10-8-6-5-7-9(8)16-11(10)14;1-4-12(2,3)11(16)19-8-7-6(17-10(8)15)5(13)9(14)18-7;2*9-8-7-4-2-1-3-6(7)5-10-8;2*1-5-7(2,3)6(8)9-4;1-2;;;;;;;/h10-13,15H,4-9H2,1-3H3;7-10,12H,6H2,1-5H3;8-10H,4-7H2,1-3H3;5,7-10H,4,6H2,1-3H3;5-9,13-14H,4H2,1-3H3;2*6-7H,1-5H2;2*5H2,1-4H3;1-2H3;7*1H4. The summed E-state index contributed by atoms with van der Waals surface area (Å²) in [5, 5.41) is 18.9. The summed E-state index contributed by atoms with van der Waals surface area (Å²) in [6, 6.07) is 0. The molecule has 5 aliphatic carbocycles. The molecule has 0 aromatic rings. The molecule has 37 heteroatoms. The van der Waals surface area contributed by atoms with E-state index in [9.17, 15) is 77.3 Å². The molecule has 0 amide bonds. The molecule has 0 aromatic heterocycles. The Morgan fingerprint density at radius 2 is 0.673 bits per heavy atom. The van der Waals surface area contributed by atoms with E-state index in [1.165, 1.54) is 59.2 Å². The first-order valence-electron chi connectivity index (χ1n) is 50.8. The van der Waals surface area contributed by atoms with Crippen LogP contribution in [0.5, 0.6) is 0 Å².